The lowest BCUT2D eigenvalue weighted by Gasteiger charge is -2.04. The summed E-state index contributed by atoms with van der Waals surface area (Å²) in [4.78, 5) is 17.9. The highest BCUT2D eigenvalue weighted by Gasteiger charge is 2.11. The molecule has 0 bridgehead atoms. The first-order valence-corrected chi connectivity index (χ1v) is 8.32. The van der Waals surface area contributed by atoms with E-state index in [1.807, 2.05) is 68.4 Å². The molecule has 1 heterocycles. The summed E-state index contributed by atoms with van der Waals surface area (Å²) in [5.41, 5.74) is 3.91. The highest BCUT2D eigenvalue weighted by molar-refractivity contribution is 7.15. The number of nitrogens with one attached hydrogen (secondary N) is 1. The highest BCUT2D eigenvalue weighted by Crippen LogP contribution is 2.27. The lowest BCUT2D eigenvalue weighted by Crippen LogP contribution is -2.22. The van der Waals surface area contributed by atoms with Gasteiger partial charge in [0.25, 0.3) is 5.91 Å². The van der Waals surface area contributed by atoms with Crippen molar-refractivity contribution in [3.05, 3.63) is 76.3 Å². The number of benzene rings is 2. The van der Waals surface area contributed by atoms with Crippen molar-refractivity contribution in [3.8, 4) is 10.6 Å². The monoisotopic (exact) mass is 322 g/mol. The summed E-state index contributed by atoms with van der Waals surface area (Å²) < 4.78 is 0. The van der Waals surface area contributed by atoms with Gasteiger partial charge in [-0.15, -0.1) is 11.3 Å². The van der Waals surface area contributed by atoms with Gasteiger partial charge in [0.15, 0.2) is 0 Å². The second-order valence-corrected chi connectivity index (χ2v) is 6.53. The zero-order valence-corrected chi connectivity index (χ0v) is 14.0. The third kappa shape index (κ3) is 3.66. The number of nitrogens with zero attached hydrogens (tertiary/aromatic N) is 1. The predicted molar refractivity (Wildman–Crippen MR) is 94.6 cm³/mol. The number of aryl methyl sites for hydroxylation is 2. The number of hydrogen-bond donors (Lipinski definition) is 1. The molecule has 0 spiro atoms. The van der Waals surface area contributed by atoms with Crippen molar-refractivity contribution >= 4 is 17.2 Å². The Morgan fingerprint density at radius 2 is 1.74 bits per heavy atom. The van der Waals surface area contributed by atoms with Crippen LogP contribution < -0.4 is 5.32 Å². The third-order valence-electron chi connectivity index (χ3n) is 3.64. The van der Waals surface area contributed by atoms with Gasteiger partial charge in [0, 0.05) is 16.0 Å². The largest absolute Gasteiger partial charge is 0.347 e. The van der Waals surface area contributed by atoms with Gasteiger partial charge in [0.1, 0.15) is 5.01 Å². The van der Waals surface area contributed by atoms with Crippen LogP contribution in [0.4, 0.5) is 0 Å². The zero-order valence-electron chi connectivity index (χ0n) is 13.2. The molecular formula is C19H18N2OS. The number of amides is 1. The Kier molecular flexibility index (Phi) is 4.53. The Balaban J connectivity index is 1.70. The van der Waals surface area contributed by atoms with E-state index in [1.165, 1.54) is 0 Å². The Morgan fingerprint density at radius 3 is 2.43 bits per heavy atom. The second-order valence-electron chi connectivity index (χ2n) is 5.44. The van der Waals surface area contributed by atoms with Crippen molar-refractivity contribution in [2.45, 2.75) is 20.4 Å². The standard InChI is InChI=1S/C19H18N2OS/c1-13-8-10-15(11-9-13)18(22)20-12-17-14(2)21-19(23-17)16-6-4-3-5-7-16/h3-11H,12H2,1-2H3,(H,20,22). The summed E-state index contributed by atoms with van der Waals surface area (Å²) >= 11 is 1.63. The van der Waals surface area contributed by atoms with Crippen LogP contribution in [0.2, 0.25) is 0 Å². The minimum absolute atomic E-state index is 0.0564. The maximum absolute atomic E-state index is 12.2. The van der Waals surface area contributed by atoms with Crippen LogP contribution in [0.3, 0.4) is 0 Å². The molecule has 0 unspecified atom stereocenters. The molecule has 3 nitrogen and oxygen atoms in total. The van der Waals surface area contributed by atoms with Gasteiger partial charge in [0.2, 0.25) is 0 Å². The second kappa shape index (κ2) is 6.75. The van der Waals surface area contributed by atoms with Crippen LogP contribution in [0.1, 0.15) is 26.5 Å². The van der Waals surface area contributed by atoms with Crippen LogP contribution in [0.5, 0.6) is 0 Å². The lowest BCUT2D eigenvalue weighted by atomic mass is 10.1. The van der Waals surface area contributed by atoms with Crippen molar-refractivity contribution in [1.29, 1.82) is 0 Å². The maximum atomic E-state index is 12.2. The molecule has 0 aliphatic rings. The maximum Gasteiger partial charge on any atom is 0.251 e. The van der Waals surface area contributed by atoms with Crippen LogP contribution in [-0.2, 0) is 6.54 Å². The molecule has 0 radical (unpaired) electrons. The van der Waals surface area contributed by atoms with Crippen LogP contribution in [0.25, 0.3) is 10.6 Å². The van der Waals surface area contributed by atoms with E-state index in [9.17, 15) is 4.79 Å². The number of carbonyl (C=O) groups excluding carboxylic acids is 1. The Morgan fingerprint density at radius 1 is 1.04 bits per heavy atom. The van der Waals surface area contributed by atoms with Gasteiger partial charge >= 0.3 is 0 Å². The normalized spacial score (nSPS) is 10.5. The first-order valence-electron chi connectivity index (χ1n) is 7.50. The van der Waals surface area contributed by atoms with E-state index >= 15 is 0 Å². The Hall–Kier alpha value is -2.46. The molecule has 2 aromatic carbocycles. The van der Waals surface area contributed by atoms with Crippen molar-refractivity contribution in [2.24, 2.45) is 0 Å². The minimum atomic E-state index is -0.0564. The molecule has 0 aliphatic carbocycles. The SMILES string of the molecule is Cc1ccc(C(=O)NCc2sc(-c3ccccc3)nc2C)cc1. The zero-order chi connectivity index (χ0) is 16.2. The highest BCUT2D eigenvalue weighted by atomic mass is 32.1. The van der Waals surface area contributed by atoms with Crippen molar-refractivity contribution in [2.75, 3.05) is 0 Å². The van der Waals surface area contributed by atoms with Crippen LogP contribution >= 0.6 is 11.3 Å². The topological polar surface area (TPSA) is 42.0 Å². The first-order chi connectivity index (χ1) is 11.1. The van der Waals surface area contributed by atoms with Gasteiger partial charge in [-0.3, -0.25) is 4.79 Å². The fourth-order valence-electron chi connectivity index (χ4n) is 2.26. The summed E-state index contributed by atoms with van der Waals surface area (Å²) in [6, 6.07) is 17.7. The van der Waals surface area contributed by atoms with E-state index < -0.39 is 0 Å². The summed E-state index contributed by atoms with van der Waals surface area (Å²) in [7, 11) is 0. The lowest BCUT2D eigenvalue weighted by molar-refractivity contribution is 0.0951. The van der Waals surface area contributed by atoms with E-state index in [-0.39, 0.29) is 5.91 Å². The number of thiazole rings is 1. The van der Waals surface area contributed by atoms with E-state index in [0.29, 0.717) is 12.1 Å². The summed E-state index contributed by atoms with van der Waals surface area (Å²) in [6.45, 7) is 4.49. The van der Waals surface area contributed by atoms with Gasteiger partial charge < -0.3 is 5.32 Å². The van der Waals surface area contributed by atoms with Crippen LogP contribution in [0.15, 0.2) is 54.6 Å². The number of rotatable bonds is 4. The molecule has 1 aromatic heterocycles. The average Bonchev–Trinajstić information content (AvgIpc) is 2.95. The quantitative estimate of drug-likeness (QED) is 0.775. The molecule has 0 saturated heterocycles. The van der Waals surface area contributed by atoms with Crippen molar-refractivity contribution < 1.29 is 4.79 Å². The summed E-state index contributed by atoms with van der Waals surface area (Å²) in [5, 5.41) is 3.96. The molecule has 0 saturated carbocycles. The molecule has 4 heteroatoms. The van der Waals surface area contributed by atoms with Gasteiger partial charge in [0.05, 0.1) is 12.2 Å². The van der Waals surface area contributed by atoms with E-state index in [4.69, 9.17) is 0 Å². The molecule has 0 fully saturated rings. The van der Waals surface area contributed by atoms with Gasteiger partial charge in [-0.2, -0.15) is 0 Å². The number of aromatic nitrogens is 1. The summed E-state index contributed by atoms with van der Waals surface area (Å²) in [5.74, 6) is -0.0564. The number of carbonyl (C=O) groups is 1. The molecular weight excluding hydrogens is 304 g/mol. The Labute approximate surface area is 140 Å². The first kappa shape index (κ1) is 15.4. The van der Waals surface area contributed by atoms with Gasteiger partial charge in [-0.25, -0.2) is 4.98 Å². The van der Waals surface area contributed by atoms with Gasteiger partial charge in [-0.05, 0) is 26.0 Å². The molecule has 3 aromatic rings. The van der Waals surface area contributed by atoms with Crippen molar-refractivity contribution in [3.63, 3.8) is 0 Å². The van der Waals surface area contributed by atoms with Crippen molar-refractivity contribution in [1.82, 2.24) is 10.3 Å². The average molecular weight is 322 g/mol. The van der Waals surface area contributed by atoms with E-state index in [0.717, 1.165) is 26.7 Å². The minimum Gasteiger partial charge on any atom is -0.347 e. The van der Waals surface area contributed by atoms with Crippen LogP contribution in [-0.4, -0.2) is 10.9 Å². The molecule has 1 amide bonds. The number of hydrogen-bond acceptors (Lipinski definition) is 3. The molecule has 3 rings (SSSR count). The molecule has 23 heavy (non-hydrogen) atoms. The molecule has 1 N–H and O–H groups in total. The molecule has 116 valence electrons. The smallest absolute Gasteiger partial charge is 0.251 e. The van der Waals surface area contributed by atoms with Crippen LogP contribution in [0, 0.1) is 13.8 Å². The fourth-order valence-corrected chi connectivity index (χ4v) is 3.27. The Bertz CT molecular complexity index is 807. The molecule has 0 aliphatic heterocycles. The fraction of sp³-hybridized carbons (Fsp3) is 0.158. The van der Waals surface area contributed by atoms with E-state index in [2.05, 4.69) is 10.3 Å². The third-order valence-corrected chi connectivity index (χ3v) is 4.84. The van der Waals surface area contributed by atoms with E-state index in [1.54, 1.807) is 11.3 Å². The molecule has 0 atom stereocenters. The summed E-state index contributed by atoms with van der Waals surface area (Å²) in [6.07, 6.45) is 0. The predicted octanol–water partition coefficient (Wildman–Crippen LogP) is 4.36. The van der Waals surface area contributed by atoms with Gasteiger partial charge in [-0.1, -0.05) is 48.0 Å².